The van der Waals surface area contributed by atoms with Crippen LogP contribution >= 0.6 is 0 Å². The standard InChI is InChI=1S/C23H27FN4O2/c1-23(2,3)20-12-19(26-27-20)22(29)28-10-4-5-16(14-28)21-25-13-18(30-21)11-15-6-8-17(24)9-7-15/h6-9,12-13,16H,4-5,10-11,14H2,1-3H3,(H,26,27)/t16-/m0/s1. The van der Waals surface area contributed by atoms with Gasteiger partial charge in [0.1, 0.15) is 17.3 Å². The Balaban J connectivity index is 1.42. The third-order valence-corrected chi connectivity index (χ3v) is 5.53. The normalized spacial score (nSPS) is 17.3. The van der Waals surface area contributed by atoms with Gasteiger partial charge in [-0.15, -0.1) is 0 Å². The van der Waals surface area contributed by atoms with E-state index in [1.54, 1.807) is 18.3 Å². The van der Waals surface area contributed by atoms with Gasteiger partial charge in [0.05, 0.1) is 12.1 Å². The largest absolute Gasteiger partial charge is 0.445 e. The third kappa shape index (κ3) is 4.45. The number of oxazole rings is 1. The van der Waals surface area contributed by atoms with Crippen LogP contribution in [0.25, 0.3) is 0 Å². The van der Waals surface area contributed by atoms with Crippen molar-refractivity contribution in [3.05, 3.63) is 70.9 Å². The lowest BCUT2D eigenvalue weighted by molar-refractivity contribution is 0.0692. The fourth-order valence-electron chi connectivity index (χ4n) is 3.74. The Morgan fingerprint density at radius 1 is 1.30 bits per heavy atom. The third-order valence-electron chi connectivity index (χ3n) is 5.53. The van der Waals surface area contributed by atoms with Crippen molar-refractivity contribution in [2.75, 3.05) is 13.1 Å². The summed E-state index contributed by atoms with van der Waals surface area (Å²) >= 11 is 0. The van der Waals surface area contributed by atoms with Crippen LogP contribution < -0.4 is 0 Å². The van der Waals surface area contributed by atoms with Crippen LogP contribution in [0.1, 0.15) is 72.9 Å². The molecule has 0 bridgehead atoms. The smallest absolute Gasteiger partial charge is 0.274 e. The summed E-state index contributed by atoms with van der Waals surface area (Å²) in [5.41, 5.74) is 2.27. The molecule has 1 aliphatic heterocycles. The van der Waals surface area contributed by atoms with Crippen LogP contribution in [0, 0.1) is 5.82 Å². The molecule has 1 amide bonds. The lowest BCUT2D eigenvalue weighted by Gasteiger charge is -2.30. The van der Waals surface area contributed by atoms with Gasteiger partial charge in [-0.3, -0.25) is 9.89 Å². The Hall–Kier alpha value is -2.96. The molecule has 6 nitrogen and oxygen atoms in total. The topological polar surface area (TPSA) is 75.0 Å². The number of carbonyl (C=O) groups excluding carboxylic acids is 1. The van der Waals surface area contributed by atoms with E-state index >= 15 is 0 Å². The van der Waals surface area contributed by atoms with Crippen LogP contribution in [-0.2, 0) is 11.8 Å². The number of H-pyrrole nitrogens is 1. The van der Waals surface area contributed by atoms with Crippen LogP contribution in [0.2, 0.25) is 0 Å². The van der Waals surface area contributed by atoms with E-state index in [1.165, 1.54) is 12.1 Å². The molecule has 4 rings (SSSR count). The molecule has 1 aromatic carbocycles. The number of hydrogen-bond donors (Lipinski definition) is 1. The van der Waals surface area contributed by atoms with Crippen molar-refractivity contribution in [2.24, 2.45) is 0 Å². The van der Waals surface area contributed by atoms with Gasteiger partial charge in [0.2, 0.25) is 0 Å². The summed E-state index contributed by atoms with van der Waals surface area (Å²) in [6.45, 7) is 7.51. The average molecular weight is 410 g/mol. The fourth-order valence-corrected chi connectivity index (χ4v) is 3.74. The van der Waals surface area contributed by atoms with Gasteiger partial charge in [-0.2, -0.15) is 5.10 Å². The maximum absolute atomic E-state index is 13.1. The Morgan fingerprint density at radius 2 is 2.07 bits per heavy atom. The second-order valence-corrected chi connectivity index (χ2v) is 8.98. The Bertz CT molecular complexity index is 1020. The molecule has 1 fully saturated rings. The Morgan fingerprint density at radius 3 is 2.77 bits per heavy atom. The zero-order valence-corrected chi connectivity index (χ0v) is 17.6. The van der Waals surface area contributed by atoms with E-state index in [-0.39, 0.29) is 23.1 Å². The Labute approximate surface area is 175 Å². The van der Waals surface area contributed by atoms with Crippen LogP contribution in [0.15, 0.2) is 40.9 Å². The number of rotatable bonds is 4. The SMILES string of the molecule is CC(C)(C)c1cc(C(=O)N2CCC[C@H](c3ncc(Cc4ccc(F)cc4)o3)C2)n[nH]1. The first-order valence-corrected chi connectivity index (χ1v) is 10.3. The molecular weight excluding hydrogens is 383 g/mol. The fraction of sp³-hybridized carbons (Fsp3) is 0.435. The van der Waals surface area contributed by atoms with Gasteiger partial charge in [-0.05, 0) is 36.6 Å². The summed E-state index contributed by atoms with van der Waals surface area (Å²) in [7, 11) is 0. The summed E-state index contributed by atoms with van der Waals surface area (Å²) in [6.07, 6.45) is 4.10. The van der Waals surface area contributed by atoms with Crippen LogP contribution in [0.3, 0.4) is 0 Å². The maximum Gasteiger partial charge on any atom is 0.274 e. The molecule has 0 aliphatic carbocycles. The van der Waals surface area contributed by atoms with Crippen LogP contribution in [0.5, 0.6) is 0 Å². The number of nitrogens with zero attached hydrogens (tertiary/aromatic N) is 3. The number of amides is 1. The molecule has 1 saturated heterocycles. The molecule has 1 aliphatic rings. The number of benzene rings is 1. The van der Waals surface area contributed by atoms with Crippen molar-refractivity contribution in [1.29, 1.82) is 0 Å². The first kappa shape index (κ1) is 20.3. The van der Waals surface area contributed by atoms with E-state index in [4.69, 9.17) is 4.42 Å². The second-order valence-electron chi connectivity index (χ2n) is 8.98. The second kappa shape index (κ2) is 8.05. The van der Waals surface area contributed by atoms with Crippen molar-refractivity contribution >= 4 is 5.91 Å². The van der Waals surface area contributed by atoms with E-state index in [1.807, 2.05) is 11.0 Å². The van der Waals surface area contributed by atoms with Crippen molar-refractivity contribution < 1.29 is 13.6 Å². The highest BCUT2D eigenvalue weighted by Gasteiger charge is 2.30. The van der Waals surface area contributed by atoms with E-state index in [0.717, 1.165) is 29.9 Å². The van der Waals surface area contributed by atoms with Gasteiger partial charge in [0, 0.05) is 30.6 Å². The summed E-state index contributed by atoms with van der Waals surface area (Å²) in [5, 5.41) is 7.22. The van der Waals surface area contributed by atoms with Crippen molar-refractivity contribution in [3.63, 3.8) is 0 Å². The molecule has 158 valence electrons. The van der Waals surface area contributed by atoms with Crippen molar-refractivity contribution in [2.45, 2.75) is 51.4 Å². The number of halogens is 1. The van der Waals surface area contributed by atoms with E-state index in [9.17, 15) is 9.18 Å². The molecule has 2 aromatic heterocycles. The molecular formula is C23H27FN4O2. The minimum atomic E-state index is -0.254. The van der Waals surface area contributed by atoms with Gasteiger partial charge >= 0.3 is 0 Å². The number of nitrogens with one attached hydrogen (secondary N) is 1. The lowest BCUT2D eigenvalue weighted by Crippen LogP contribution is -2.39. The highest BCUT2D eigenvalue weighted by Crippen LogP contribution is 2.28. The van der Waals surface area contributed by atoms with E-state index in [2.05, 4.69) is 36.0 Å². The van der Waals surface area contributed by atoms with Gasteiger partial charge in [-0.1, -0.05) is 32.9 Å². The number of hydrogen-bond acceptors (Lipinski definition) is 4. The quantitative estimate of drug-likeness (QED) is 0.690. The predicted octanol–water partition coefficient (Wildman–Crippen LogP) is 4.44. The molecule has 1 atom stereocenters. The first-order valence-electron chi connectivity index (χ1n) is 10.3. The maximum atomic E-state index is 13.1. The van der Waals surface area contributed by atoms with Gasteiger partial charge in [-0.25, -0.2) is 9.37 Å². The number of carbonyl (C=O) groups is 1. The number of aromatic amines is 1. The molecule has 30 heavy (non-hydrogen) atoms. The average Bonchev–Trinajstić information content (AvgIpc) is 3.39. The number of likely N-dealkylation sites (tertiary alicyclic amines) is 1. The molecule has 0 spiro atoms. The molecule has 3 heterocycles. The highest BCUT2D eigenvalue weighted by molar-refractivity contribution is 5.92. The zero-order chi connectivity index (χ0) is 21.3. The number of piperidine rings is 1. The monoisotopic (exact) mass is 410 g/mol. The van der Waals surface area contributed by atoms with Gasteiger partial charge in [0.25, 0.3) is 5.91 Å². The molecule has 0 saturated carbocycles. The van der Waals surface area contributed by atoms with E-state index < -0.39 is 0 Å². The first-order chi connectivity index (χ1) is 14.3. The lowest BCUT2D eigenvalue weighted by atomic mass is 9.92. The molecule has 1 N–H and O–H groups in total. The summed E-state index contributed by atoms with van der Waals surface area (Å²) in [4.78, 5) is 19.2. The Kier molecular flexibility index (Phi) is 5.45. The van der Waals surface area contributed by atoms with Crippen LogP contribution in [-0.4, -0.2) is 39.1 Å². The van der Waals surface area contributed by atoms with Crippen LogP contribution in [0.4, 0.5) is 4.39 Å². The highest BCUT2D eigenvalue weighted by atomic mass is 19.1. The van der Waals surface area contributed by atoms with E-state index in [0.29, 0.717) is 31.1 Å². The molecule has 7 heteroatoms. The van der Waals surface area contributed by atoms with Gasteiger partial charge < -0.3 is 9.32 Å². The predicted molar refractivity (Wildman–Crippen MR) is 111 cm³/mol. The van der Waals surface area contributed by atoms with Crippen molar-refractivity contribution in [3.8, 4) is 0 Å². The molecule has 3 aromatic rings. The minimum absolute atomic E-state index is 0.0608. The van der Waals surface area contributed by atoms with Gasteiger partial charge in [0.15, 0.2) is 5.89 Å². The summed E-state index contributed by atoms with van der Waals surface area (Å²) in [6, 6.07) is 8.22. The number of aromatic nitrogens is 3. The minimum Gasteiger partial charge on any atom is -0.445 e. The van der Waals surface area contributed by atoms with Crippen molar-refractivity contribution in [1.82, 2.24) is 20.1 Å². The zero-order valence-electron chi connectivity index (χ0n) is 17.6. The molecule has 0 unspecified atom stereocenters. The summed E-state index contributed by atoms with van der Waals surface area (Å²) < 4.78 is 19.1. The summed E-state index contributed by atoms with van der Waals surface area (Å²) in [5.74, 6) is 1.13. The molecule has 0 radical (unpaired) electrons.